The number of ether oxygens (including phenoxy) is 2. The maximum Gasteiger partial charge on any atom is 0.267 e. The lowest BCUT2D eigenvalue weighted by Crippen LogP contribution is -2.41. The van der Waals surface area contributed by atoms with Crippen LogP contribution >= 0.6 is 11.3 Å². The van der Waals surface area contributed by atoms with Gasteiger partial charge in [-0.15, -0.1) is 11.3 Å². The molecule has 0 unspecified atom stereocenters. The molecule has 0 spiro atoms. The van der Waals surface area contributed by atoms with Crippen molar-refractivity contribution in [2.75, 3.05) is 38.7 Å². The Morgan fingerprint density at radius 3 is 2.66 bits per heavy atom. The molecule has 1 fully saturated rings. The molecule has 32 heavy (non-hydrogen) atoms. The van der Waals surface area contributed by atoms with Crippen molar-refractivity contribution in [3.63, 3.8) is 0 Å². The largest absolute Gasteiger partial charge is 0.495 e. The topological polar surface area (TPSA) is 98.1 Å². The van der Waals surface area contributed by atoms with Gasteiger partial charge in [-0.3, -0.25) is 4.79 Å². The lowest BCUT2D eigenvalue weighted by molar-refractivity contribution is 0.0730. The lowest BCUT2D eigenvalue weighted by atomic mass is 10.1. The molecule has 2 aromatic heterocycles. The van der Waals surface area contributed by atoms with Gasteiger partial charge in [0, 0.05) is 29.9 Å². The number of rotatable bonds is 5. The molecule has 0 saturated carbocycles. The molecule has 10 heteroatoms. The Bertz CT molecular complexity index is 1420. The lowest BCUT2D eigenvalue weighted by Gasteiger charge is -2.26. The van der Waals surface area contributed by atoms with Gasteiger partial charge in [-0.25, -0.2) is 8.42 Å². The summed E-state index contributed by atoms with van der Waals surface area (Å²) in [5, 5.41) is 6.20. The molecule has 0 radical (unpaired) electrons. The number of fused-ring (bicyclic) bond motifs is 3. The summed E-state index contributed by atoms with van der Waals surface area (Å²) in [4.78, 5) is 13.2. The van der Waals surface area contributed by atoms with Gasteiger partial charge >= 0.3 is 0 Å². The number of hydrogen-bond acceptors (Lipinski definition) is 7. The standard InChI is InChI=1S/C22H20N2O6S2/c1-28-19-12-15-14-4-2-3-5-17(14)30-18(15)13-16(19)23-22(25)21-20(6-11-31-21)32(26,27)24-7-9-29-10-8-24/h2-6,11-13H,7-10H2,1H3,(H,23,25). The van der Waals surface area contributed by atoms with E-state index in [1.807, 2.05) is 24.3 Å². The minimum absolute atomic E-state index is 0.00863. The number of carbonyl (C=O) groups excluding carboxylic acids is 1. The zero-order valence-corrected chi connectivity index (χ0v) is 18.8. The zero-order valence-electron chi connectivity index (χ0n) is 17.2. The number of methoxy groups -OCH3 is 1. The molecule has 4 aromatic rings. The van der Waals surface area contributed by atoms with E-state index >= 15 is 0 Å². The van der Waals surface area contributed by atoms with E-state index in [9.17, 15) is 13.2 Å². The van der Waals surface area contributed by atoms with Gasteiger partial charge in [0.1, 0.15) is 26.7 Å². The van der Waals surface area contributed by atoms with Crippen LogP contribution in [0.3, 0.4) is 0 Å². The van der Waals surface area contributed by atoms with Crippen LogP contribution in [-0.2, 0) is 14.8 Å². The Labute approximate surface area is 188 Å². The van der Waals surface area contributed by atoms with Gasteiger partial charge in [0.25, 0.3) is 5.91 Å². The molecule has 0 bridgehead atoms. The molecule has 5 rings (SSSR count). The van der Waals surface area contributed by atoms with E-state index < -0.39 is 15.9 Å². The number of para-hydroxylation sites is 1. The number of amides is 1. The summed E-state index contributed by atoms with van der Waals surface area (Å²) < 4.78 is 44.1. The van der Waals surface area contributed by atoms with Crippen LogP contribution in [0.5, 0.6) is 5.75 Å². The Morgan fingerprint density at radius 1 is 1.09 bits per heavy atom. The molecule has 1 aliphatic heterocycles. The highest BCUT2D eigenvalue weighted by Crippen LogP contribution is 2.37. The van der Waals surface area contributed by atoms with E-state index in [4.69, 9.17) is 13.9 Å². The highest BCUT2D eigenvalue weighted by molar-refractivity contribution is 7.89. The Hall–Kier alpha value is -2.92. The van der Waals surface area contributed by atoms with Gasteiger partial charge in [-0.2, -0.15) is 4.31 Å². The van der Waals surface area contributed by atoms with Gasteiger partial charge in [0.15, 0.2) is 0 Å². The molecule has 1 amide bonds. The van der Waals surface area contributed by atoms with Crippen molar-refractivity contribution in [1.82, 2.24) is 4.31 Å². The van der Waals surface area contributed by atoms with Crippen LogP contribution in [-0.4, -0.2) is 52.0 Å². The molecule has 0 atom stereocenters. The Balaban J connectivity index is 1.49. The number of hydrogen-bond donors (Lipinski definition) is 1. The molecule has 1 aliphatic rings. The van der Waals surface area contributed by atoms with Crippen molar-refractivity contribution in [3.05, 3.63) is 52.7 Å². The quantitative estimate of drug-likeness (QED) is 0.473. The third-order valence-electron chi connectivity index (χ3n) is 5.37. The minimum Gasteiger partial charge on any atom is -0.495 e. The highest BCUT2D eigenvalue weighted by atomic mass is 32.2. The van der Waals surface area contributed by atoms with E-state index in [1.165, 1.54) is 17.5 Å². The number of benzene rings is 2. The molecule has 2 aromatic carbocycles. The number of anilines is 1. The summed E-state index contributed by atoms with van der Waals surface area (Å²) in [7, 11) is -2.29. The van der Waals surface area contributed by atoms with E-state index in [1.54, 1.807) is 17.5 Å². The average molecular weight is 473 g/mol. The third kappa shape index (κ3) is 3.55. The molecule has 1 N–H and O–H groups in total. The van der Waals surface area contributed by atoms with Gasteiger partial charge in [0.05, 0.1) is 26.0 Å². The van der Waals surface area contributed by atoms with E-state index in [0.717, 1.165) is 27.7 Å². The van der Waals surface area contributed by atoms with Crippen LogP contribution in [0, 0.1) is 0 Å². The summed E-state index contributed by atoms with van der Waals surface area (Å²) in [6, 6.07) is 12.6. The number of furan rings is 1. The van der Waals surface area contributed by atoms with Crippen molar-refractivity contribution >= 4 is 54.9 Å². The number of nitrogens with one attached hydrogen (secondary N) is 1. The summed E-state index contributed by atoms with van der Waals surface area (Å²) >= 11 is 1.08. The van der Waals surface area contributed by atoms with Gasteiger partial charge < -0.3 is 19.2 Å². The SMILES string of the molecule is COc1cc2c(cc1NC(=O)c1sccc1S(=O)(=O)N1CCOCC1)oc1ccccc12. The van der Waals surface area contributed by atoms with Crippen LogP contribution in [0.4, 0.5) is 5.69 Å². The predicted molar refractivity (Wildman–Crippen MR) is 122 cm³/mol. The number of carbonyl (C=O) groups is 1. The van der Waals surface area contributed by atoms with Crippen molar-refractivity contribution in [3.8, 4) is 5.75 Å². The summed E-state index contributed by atoms with van der Waals surface area (Å²) in [6.45, 7) is 1.19. The fourth-order valence-corrected chi connectivity index (χ4v) is 6.49. The molecule has 3 heterocycles. The first-order chi connectivity index (χ1) is 15.5. The van der Waals surface area contributed by atoms with E-state index in [0.29, 0.717) is 30.2 Å². The number of thiophene rings is 1. The van der Waals surface area contributed by atoms with Crippen molar-refractivity contribution < 1.29 is 27.1 Å². The van der Waals surface area contributed by atoms with Crippen molar-refractivity contribution in [2.24, 2.45) is 0 Å². The first-order valence-electron chi connectivity index (χ1n) is 9.95. The fraction of sp³-hybridized carbons (Fsp3) is 0.227. The third-order valence-corrected chi connectivity index (χ3v) is 8.35. The maximum absolute atomic E-state index is 13.1. The first kappa shape index (κ1) is 21.0. The molecular formula is C22H20N2O6S2. The second-order valence-electron chi connectivity index (χ2n) is 7.23. The monoisotopic (exact) mass is 472 g/mol. The van der Waals surface area contributed by atoms with Crippen LogP contribution in [0.2, 0.25) is 0 Å². The minimum atomic E-state index is -3.80. The summed E-state index contributed by atoms with van der Waals surface area (Å²) in [6.07, 6.45) is 0. The van der Waals surface area contributed by atoms with E-state index in [2.05, 4.69) is 5.32 Å². The van der Waals surface area contributed by atoms with Crippen LogP contribution in [0.15, 0.2) is 57.2 Å². The van der Waals surface area contributed by atoms with Crippen molar-refractivity contribution in [1.29, 1.82) is 0 Å². The number of sulfonamides is 1. The zero-order chi connectivity index (χ0) is 22.3. The van der Waals surface area contributed by atoms with Crippen LogP contribution in [0.25, 0.3) is 21.9 Å². The van der Waals surface area contributed by atoms with Gasteiger partial charge in [0.2, 0.25) is 10.0 Å². The van der Waals surface area contributed by atoms with Crippen molar-refractivity contribution in [2.45, 2.75) is 4.90 Å². The second-order valence-corrected chi connectivity index (χ2v) is 10.1. The average Bonchev–Trinajstić information content (AvgIpc) is 3.44. The maximum atomic E-state index is 13.1. The number of morpholine rings is 1. The molecule has 8 nitrogen and oxygen atoms in total. The fourth-order valence-electron chi connectivity index (χ4n) is 3.79. The smallest absolute Gasteiger partial charge is 0.267 e. The van der Waals surface area contributed by atoms with E-state index in [-0.39, 0.29) is 22.9 Å². The molecule has 0 aliphatic carbocycles. The summed E-state index contributed by atoms with van der Waals surface area (Å²) in [5.74, 6) is -0.0767. The normalized spacial score (nSPS) is 15.3. The molecule has 166 valence electrons. The summed E-state index contributed by atoms with van der Waals surface area (Å²) in [5.41, 5.74) is 1.71. The predicted octanol–water partition coefficient (Wildman–Crippen LogP) is 3.93. The number of nitrogens with zero attached hydrogens (tertiary/aromatic N) is 1. The Morgan fingerprint density at radius 2 is 1.88 bits per heavy atom. The van der Waals surface area contributed by atoms with Crippen LogP contribution < -0.4 is 10.1 Å². The first-order valence-corrected chi connectivity index (χ1v) is 12.3. The highest BCUT2D eigenvalue weighted by Gasteiger charge is 2.31. The van der Waals surface area contributed by atoms with Crippen LogP contribution in [0.1, 0.15) is 9.67 Å². The molecular weight excluding hydrogens is 452 g/mol. The van der Waals surface area contributed by atoms with Gasteiger partial charge in [-0.05, 0) is 23.6 Å². The molecule has 1 saturated heterocycles. The Kier molecular flexibility index (Phi) is 5.38. The second kappa shape index (κ2) is 8.21. The van der Waals surface area contributed by atoms with Gasteiger partial charge in [-0.1, -0.05) is 18.2 Å².